The molecule has 2 aliphatic rings. The number of carboxylic acid groups (broad SMARTS) is 1. The first-order valence-corrected chi connectivity index (χ1v) is 6.50. The predicted octanol–water partition coefficient (Wildman–Crippen LogP) is 1.50. The van der Waals surface area contributed by atoms with Gasteiger partial charge in [0.15, 0.2) is 0 Å². The molecule has 0 aromatic carbocycles. The van der Waals surface area contributed by atoms with Gasteiger partial charge in [0.1, 0.15) is 6.04 Å². The Morgan fingerprint density at radius 3 is 2.18 bits per heavy atom. The number of fused-ring (bicyclic) bond motifs is 2. The van der Waals surface area contributed by atoms with Crippen LogP contribution in [0.3, 0.4) is 0 Å². The highest BCUT2D eigenvalue weighted by Gasteiger charge is 2.25. The van der Waals surface area contributed by atoms with E-state index in [2.05, 4.69) is 12.2 Å². The van der Waals surface area contributed by atoms with E-state index in [4.69, 9.17) is 16.6 Å². The van der Waals surface area contributed by atoms with Crippen molar-refractivity contribution < 1.29 is 9.90 Å². The highest BCUT2D eigenvalue weighted by Crippen LogP contribution is 2.38. The van der Waals surface area contributed by atoms with Crippen LogP contribution in [0.25, 0.3) is 0 Å². The smallest absolute Gasteiger partial charge is 0.320 e. The minimum Gasteiger partial charge on any atom is -0.480 e. The topological polar surface area (TPSA) is 89.3 Å². The van der Waals surface area contributed by atoms with Crippen molar-refractivity contribution in [3.05, 3.63) is 12.2 Å². The van der Waals surface area contributed by atoms with E-state index in [0.29, 0.717) is 13.0 Å². The Hall–Kier alpha value is -0.870. The summed E-state index contributed by atoms with van der Waals surface area (Å²) < 4.78 is 0. The third kappa shape index (κ3) is 5.33. The lowest BCUT2D eigenvalue weighted by atomic mass is 10.1. The third-order valence-corrected chi connectivity index (χ3v) is 3.46. The molecule has 0 aliphatic heterocycles. The van der Waals surface area contributed by atoms with Crippen LogP contribution in [0.1, 0.15) is 38.5 Å². The molecule has 0 aromatic rings. The average molecular weight is 240 g/mol. The number of hydrogen-bond donors (Lipinski definition) is 3. The minimum absolute atomic E-state index is 0.520. The van der Waals surface area contributed by atoms with Crippen molar-refractivity contribution >= 4 is 5.97 Å². The van der Waals surface area contributed by atoms with Gasteiger partial charge < -0.3 is 16.6 Å². The van der Waals surface area contributed by atoms with Gasteiger partial charge in [-0.25, -0.2) is 0 Å². The maximum atomic E-state index is 10.1. The first-order valence-electron chi connectivity index (χ1n) is 6.50. The van der Waals surface area contributed by atoms with Crippen LogP contribution in [0.15, 0.2) is 12.2 Å². The molecule has 0 radical (unpaired) electrons. The van der Waals surface area contributed by atoms with E-state index in [1.807, 2.05) is 0 Å². The molecule has 2 rings (SSSR count). The molecule has 4 nitrogen and oxygen atoms in total. The maximum Gasteiger partial charge on any atom is 0.320 e. The van der Waals surface area contributed by atoms with Crippen molar-refractivity contribution in [2.24, 2.45) is 23.3 Å². The molecular formula is C13H24N2O2. The second-order valence-corrected chi connectivity index (χ2v) is 4.95. The van der Waals surface area contributed by atoms with Crippen LogP contribution in [-0.2, 0) is 4.79 Å². The van der Waals surface area contributed by atoms with E-state index in [0.717, 1.165) is 24.7 Å². The number of rotatable bonds is 5. The Kier molecular flexibility index (Phi) is 6.22. The van der Waals surface area contributed by atoms with Gasteiger partial charge in [-0.1, -0.05) is 18.6 Å². The fourth-order valence-electron chi connectivity index (χ4n) is 2.35. The molecule has 2 bridgehead atoms. The van der Waals surface area contributed by atoms with Crippen LogP contribution in [0.4, 0.5) is 0 Å². The Labute approximate surface area is 103 Å². The molecule has 0 heterocycles. The summed E-state index contributed by atoms with van der Waals surface area (Å²) in [6.45, 7) is 0.604. The van der Waals surface area contributed by atoms with E-state index in [1.165, 1.54) is 19.3 Å². The zero-order chi connectivity index (χ0) is 12.7. The Morgan fingerprint density at radius 2 is 1.88 bits per heavy atom. The molecule has 4 heteroatoms. The quantitative estimate of drug-likeness (QED) is 0.502. The highest BCUT2D eigenvalue weighted by atomic mass is 16.4. The fraction of sp³-hybridized carbons (Fsp3) is 0.769. The molecular weight excluding hydrogens is 216 g/mol. The Bertz CT molecular complexity index is 254. The van der Waals surface area contributed by atoms with Crippen molar-refractivity contribution in [1.82, 2.24) is 0 Å². The highest BCUT2D eigenvalue weighted by molar-refractivity contribution is 5.72. The first kappa shape index (κ1) is 14.2. The zero-order valence-corrected chi connectivity index (χ0v) is 10.3. The van der Waals surface area contributed by atoms with Gasteiger partial charge in [0, 0.05) is 0 Å². The summed E-state index contributed by atoms with van der Waals surface area (Å²) in [6, 6.07) is -0.716. The maximum absolute atomic E-state index is 10.1. The van der Waals surface area contributed by atoms with Gasteiger partial charge in [0.05, 0.1) is 0 Å². The second kappa shape index (κ2) is 7.45. The van der Waals surface area contributed by atoms with Crippen molar-refractivity contribution in [3.8, 4) is 0 Å². The van der Waals surface area contributed by atoms with Gasteiger partial charge in [-0.05, 0) is 50.5 Å². The molecule has 17 heavy (non-hydrogen) atoms. The molecule has 5 N–H and O–H groups in total. The van der Waals surface area contributed by atoms with Gasteiger partial charge in [0.25, 0.3) is 0 Å². The first-order chi connectivity index (χ1) is 8.13. The molecule has 1 fully saturated rings. The van der Waals surface area contributed by atoms with Crippen LogP contribution >= 0.6 is 0 Å². The number of allylic oxidation sites excluding steroid dienone is 2. The van der Waals surface area contributed by atoms with Crippen LogP contribution in [-0.4, -0.2) is 23.7 Å². The average Bonchev–Trinajstić information content (AvgIpc) is 2.94. The fourth-order valence-corrected chi connectivity index (χ4v) is 2.35. The summed E-state index contributed by atoms with van der Waals surface area (Å²) in [4.78, 5) is 10.1. The molecule has 0 aromatic heterocycles. The lowest BCUT2D eigenvalue weighted by molar-refractivity contribution is -0.138. The monoisotopic (exact) mass is 240 g/mol. The summed E-state index contributed by atoms with van der Waals surface area (Å²) in [5, 5.41) is 8.33. The molecule has 98 valence electrons. The Morgan fingerprint density at radius 1 is 1.29 bits per heavy atom. The largest absolute Gasteiger partial charge is 0.480 e. The van der Waals surface area contributed by atoms with Crippen LogP contribution in [0.2, 0.25) is 0 Å². The number of aliphatic carboxylic acids is 1. The van der Waals surface area contributed by atoms with Gasteiger partial charge in [-0.15, -0.1) is 0 Å². The number of carbonyl (C=O) groups is 1. The molecule has 0 amide bonds. The van der Waals surface area contributed by atoms with Crippen molar-refractivity contribution in [2.75, 3.05) is 6.54 Å². The summed E-state index contributed by atoms with van der Waals surface area (Å²) in [5.41, 5.74) is 10.4. The summed E-state index contributed by atoms with van der Waals surface area (Å²) in [7, 11) is 0. The second-order valence-electron chi connectivity index (χ2n) is 4.95. The number of unbranched alkanes of at least 4 members (excludes halogenated alkanes) is 1. The van der Waals surface area contributed by atoms with E-state index in [-0.39, 0.29) is 0 Å². The van der Waals surface area contributed by atoms with E-state index >= 15 is 0 Å². The minimum atomic E-state index is -0.933. The van der Waals surface area contributed by atoms with Crippen LogP contribution in [0.5, 0.6) is 0 Å². The lowest BCUT2D eigenvalue weighted by Crippen LogP contribution is -2.29. The predicted molar refractivity (Wildman–Crippen MR) is 68.5 cm³/mol. The van der Waals surface area contributed by atoms with Crippen LogP contribution < -0.4 is 11.5 Å². The number of carboxylic acids is 1. The summed E-state index contributed by atoms with van der Waals surface area (Å²) in [5.74, 6) is 1.05. The summed E-state index contributed by atoms with van der Waals surface area (Å²) in [6.07, 6.45) is 11.3. The zero-order valence-electron chi connectivity index (χ0n) is 10.3. The number of nitrogens with two attached hydrogens (primary N) is 2. The normalized spacial score (nSPS) is 26.5. The van der Waals surface area contributed by atoms with Gasteiger partial charge >= 0.3 is 5.97 Å². The van der Waals surface area contributed by atoms with Crippen molar-refractivity contribution in [2.45, 2.75) is 44.6 Å². The van der Waals surface area contributed by atoms with E-state index < -0.39 is 12.0 Å². The summed E-state index contributed by atoms with van der Waals surface area (Å²) >= 11 is 0. The van der Waals surface area contributed by atoms with E-state index in [1.54, 1.807) is 0 Å². The van der Waals surface area contributed by atoms with Gasteiger partial charge in [0.2, 0.25) is 0 Å². The molecule has 3 atom stereocenters. The standard InChI is InChI=1S/C7H10.C6H14N2O2/c1-2-7-4-3-6(1)5-7;7-4-2-1-3-5(8)6(9)10/h1-2,6-7H,3-5H2;5H,1-4,7-8H2,(H,9,10)/t;5-/m.0/s1. The molecule has 0 saturated heterocycles. The van der Waals surface area contributed by atoms with Gasteiger partial charge in [-0.3, -0.25) is 4.79 Å². The Balaban J connectivity index is 0.000000177. The lowest BCUT2D eigenvalue weighted by Gasteiger charge is -2.03. The molecule has 2 unspecified atom stereocenters. The number of hydrogen-bond acceptors (Lipinski definition) is 3. The molecule has 1 saturated carbocycles. The van der Waals surface area contributed by atoms with Crippen molar-refractivity contribution in [3.63, 3.8) is 0 Å². The SMILES string of the molecule is C1=CC2CCC1C2.NCCCC[C@H](N)C(=O)O. The third-order valence-electron chi connectivity index (χ3n) is 3.46. The van der Waals surface area contributed by atoms with Crippen molar-refractivity contribution in [1.29, 1.82) is 0 Å². The molecule has 0 spiro atoms. The van der Waals surface area contributed by atoms with E-state index in [9.17, 15) is 4.79 Å². The van der Waals surface area contributed by atoms with Gasteiger partial charge in [-0.2, -0.15) is 0 Å². The molecule has 2 aliphatic carbocycles. The van der Waals surface area contributed by atoms with Crippen LogP contribution in [0, 0.1) is 11.8 Å².